The molecule has 4 heterocycles. The van der Waals surface area contributed by atoms with Crippen molar-refractivity contribution in [3.63, 3.8) is 0 Å². The van der Waals surface area contributed by atoms with Crippen molar-refractivity contribution in [3.05, 3.63) is 58.6 Å². The molecule has 44 heavy (non-hydrogen) atoms. The van der Waals surface area contributed by atoms with E-state index in [-0.39, 0.29) is 30.9 Å². The number of alkyl halides is 3. The van der Waals surface area contributed by atoms with E-state index in [0.29, 0.717) is 35.1 Å². The van der Waals surface area contributed by atoms with Crippen LogP contribution in [0.1, 0.15) is 56.7 Å². The van der Waals surface area contributed by atoms with Gasteiger partial charge in [0.25, 0.3) is 0 Å². The molecule has 1 amide bonds. The van der Waals surface area contributed by atoms with E-state index in [1.807, 2.05) is 0 Å². The first-order chi connectivity index (χ1) is 20.9. The van der Waals surface area contributed by atoms with Crippen molar-refractivity contribution >= 4 is 23.5 Å². The van der Waals surface area contributed by atoms with Crippen LogP contribution in [0.5, 0.6) is 5.75 Å². The molecule has 2 atom stereocenters. The molecule has 2 fully saturated rings. The van der Waals surface area contributed by atoms with Gasteiger partial charge in [0, 0.05) is 25.7 Å². The lowest BCUT2D eigenvalue weighted by Gasteiger charge is -2.40. The van der Waals surface area contributed by atoms with E-state index in [4.69, 9.17) is 16.3 Å². The van der Waals surface area contributed by atoms with Gasteiger partial charge in [-0.2, -0.15) is 13.2 Å². The second-order valence-electron chi connectivity index (χ2n) is 12.6. The number of ether oxygens (including phenoxy) is 1. The SMILES string of the molecule is CC1(C)CN(C(=O)Cc2ccc(OCC[C@@H]3CC3C3CCN(c4ncc(Cl)cn4)CC3)cc2F)Cc2nnc(C(F)(F)F)n21. The third kappa shape index (κ3) is 6.47. The average molecular weight is 636 g/mol. The van der Waals surface area contributed by atoms with Crippen molar-refractivity contribution in [2.45, 2.75) is 64.2 Å². The van der Waals surface area contributed by atoms with Crippen molar-refractivity contribution in [3.8, 4) is 5.75 Å². The number of aromatic nitrogens is 5. The Bertz CT molecular complexity index is 1510. The van der Waals surface area contributed by atoms with Crippen LogP contribution >= 0.6 is 11.6 Å². The molecular weight excluding hydrogens is 602 g/mol. The molecule has 6 rings (SSSR count). The Morgan fingerprint density at radius 2 is 1.86 bits per heavy atom. The van der Waals surface area contributed by atoms with Gasteiger partial charge in [-0.25, -0.2) is 14.4 Å². The lowest BCUT2D eigenvalue weighted by molar-refractivity contribution is -0.151. The fourth-order valence-electron chi connectivity index (χ4n) is 6.72. The number of carbonyl (C=O) groups excluding carboxylic acids is 1. The molecule has 1 saturated carbocycles. The molecule has 3 aliphatic rings. The molecule has 9 nitrogen and oxygen atoms in total. The standard InChI is InChI=1S/C30H34ClF4N7O2/c1-29(2)17-41(16-25-38-39-27(42(25)29)30(33,34)35)26(43)12-20-3-4-22(13-24(20)32)44-10-7-19-11-23(19)18-5-8-40(9-6-18)28-36-14-21(31)15-37-28/h3-4,13-15,18-19,23H,5-12,16-17H2,1-2H3/t19-,23?/m1/s1. The molecule has 0 spiro atoms. The summed E-state index contributed by atoms with van der Waals surface area (Å²) in [6.45, 7) is 5.40. The van der Waals surface area contributed by atoms with Gasteiger partial charge in [0.15, 0.2) is 5.82 Å². The van der Waals surface area contributed by atoms with E-state index >= 15 is 0 Å². The maximum absolute atomic E-state index is 15.0. The quantitative estimate of drug-likeness (QED) is 0.301. The Morgan fingerprint density at radius 1 is 1.14 bits per heavy atom. The number of carbonyl (C=O) groups is 1. The van der Waals surface area contributed by atoms with Crippen LogP contribution in [0.2, 0.25) is 5.02 Å². The summed E-state index contributed by atoms with van der Waals surface area (Å²) >= 11 is 5.90. The smallest absolute Gasteiger partial charge is 0.451 e. The van der Waals surface area contributed by atoms with Crippen molar-refractivity contribution in [2.24, 2.45) is 17.8 Å². The molecule has 0 bridgehead atoms. The van der Waals surface area contributed by atoms with Gasteiger partial charge < -0.3 is 14.5 Å². The number of piperidine rings is 1. The molecule has 1 unspecified atom stereocenters. The van der Waals surface area contributed by atoms with Crippen LogP contribution in [-0.2, 0) is 29.5 Å². The summed E-state index contributed by atoms with van der Waals surface area (Å²) < 4.78 is 62.0. The fraction of sp³-hybridized carbons (Fsp3) is 0.567. The largest absolute Gasteiger partial charge is 0.493 e. The topological polar surface area (TPSA) is 89.3 Å². The van der Waals surface area contributed by atoms with Gasteiger partial charge in [0.05, 0.1) is 42.5 Å². The Balaban J connectivity index is 0.958. The molecule has 0 N–H and O–H groups in total. The summed E-state index contributed by atoms with van der Waals surface area (Å²) in [5, 5.41) is 7.52. The zero-order valence-corrected chi connectivity index (χ0v) is 25.3. The zero-order valence-electron chi connectivity index (χ0n) is 24.5. The Kier molecular flexibility index (Phi) is 8.18. The molecule has 1 aliphatic carbocycles. The first-order valence-electron chi connectivity index (χ1n) is 14.8. The van der Waals surface area contributed by atoms with Crippen LogP contribution in [0.15, 0.2) is 30.6 Å². The summed E-state index contributed by atoms with van der Waals surface area (Å²) in [6, 6.07) is 4.46. The van der Waals surface area contributed by atoms with Gasteiger partial charge in [-0.05, 0) is 68.9 Å². The van der Waals surface area contributed by atoms with Crippen molar-refractivity contribution in [1.82, 2.24) is 29.6 Å². The maximum atomic E-state index is 15.0. The minimum atomic E-state index is -4.66. The second-order valence-corrected chi connectivity index (χ2v) is 13.0. The number of nitrogens with zero attached hydrogens (tertiary/aromatic N) is 7. The Labute approximate surface area is 257 Å². The van der Waals surface area contributed by atoms with Gasteiger partial charge >= 0.3 is 6.18 Å². The average Bonchev–Trinajstić information content (AvgIpc) is 3.59. The van der Waals surface area contributed by atoms with E-state index in [1.54, 1.807) is 32.3 Å². The highest BCUT2D eigenvalue weighted by molar-refractivity contribution is 6.30. The lowest BCUT2D eigenvalue weighted by atomic mass is 9.90. The first kappa shape index (κ1) is 30.5. The first-order valence-corrected chi connectivity index (χ1v) is 15.2. The number of halogens is 5. The number of hydrogen-bond acceptors (Lipinski definition) is 7. The van der Waals surface area contributed by atoms with Crippen LogP contribution < -0.4 is 9.64 Å². The second kappa shape index (κ2) is 11.8. The minimum absolute atomic E-state index is 0.0147. The molecule has 0 radical (unpaired) electrons. The highest BCUT2D eigenvalue weighted by Crippen LogP contribution is 2.50. The summed E-state index contributed by atoms with van der Waals surface area (Å²) in [7, 11) is 0. The highest BCUT2D eigenvalue weighted by atomic mass is 35.5. The molecule has 3 aromatic rings. The number of benzene rings is 1. The molecule has 2 aromatic heterocycles. The lowest BCUT2D eigenvalue weighted by Crippen LogP contribution is -2.50. The Hall–Kier alpha value is -3.48. The molecule has 2 aliphatic heterocycles. The monoisotopic (exact) mass is 635 g/mol. The summed E-state index contributed by atoms with van der Waals surface area (Å²) in [6.07, 6.45) is 2.64. The van der Waals surface area contributed by atoms with Crippen LogP contribution in [0.3, 0.4) is 0 Å². The predicted octanol–water partition coefficient (Wildman–Crippen LogP) is 5.52. The number of anilines is 1. The van der Waals surface area contributed by atoms with Gasteiger partial charge in [0.1, 0.15) is 11.6 Å². The van der Waals surface area contributed by atoms with Crippen molar-refractivity contribution in [2.75, 3.05) is 31.1 Å². The van der Waals surface area contributed by atoms with Crippen LogP contribution in [-0.4, -0.2) is 61.8 Å². The maximum Gasteiger partial charge on any atom is 0.451 e. The summed E-state index contributed by atoms with van der Waals surface area (Å²) in [5.41, 5.74) is -0.890. The number of hydrogen-bond donors (Lipinski definition) is 0. The van der Waals surface area contributed by atoms with E-state index < -0.39 is 29.3 Å². The minimum Gasteiger partial charge on any atom is -0.493 e. The van der Waals surface area contributed by atoms with E-state index in [1.165, 1.54) is 23.5 Å². The van der Waals surface area contributed by atoms with E-state index in [0.717, 1.165) is 42.9 Å². The Morgan fingerprint density at radius 3 is 2.55 bits per heavy atom. The normalized spacial score (nSPS) is 21.7. The third-order valence-corrected chi connectivity index (χ3v) is 9.18. The van der Waals surface area contributed by atoms with Gasteiger partial charge in [-0.15, -0.1) is 10.2 Å². The van der Waals surface area contributed by atoms with Gasteiger partial charge in [0.2, 0.25) is 17.7 Å². The van der Waals surface area contributed by atoms with Crippen molar-refractivity contribution < 1.29 is 27.1 Å². The number of rotatable bonds is 8. The summed E-state index contributed by atoms with van der Waals surface area (Å²) in [4.78, 5) is 25.3. The van der Waals surface area contributed by atoms with E-state index in [2.05, 4.69) is 25.1 Å². The summed E-state index contributed by atoms with van der Waals surface area (Å²) in [5.74, 6) is 1.08. The molecule has 1 aromatic carbocycles. The zero-order chi connectivity index (χ0) is 31.2. The van der Waals surface area contributed by atoms with Crippen molar-refractivity contribution in [1.29, 1.82) is 0 Å². The number of fused-ring (bicyclic) bond motifs is 1. The fourth-order valence-corrected chi connectivity index (χ4v) is 6.82. The molecular formula is C30H34ClF4N7O2. The van der Waals surface area contributed by atoms with E-state index in [9.17, 15) is 22.4 Å². The van der Waals surface area contributed by atoms with Crippen LogP contribution in [0.25, 0.3) is 0 Å². The van der Waals surface area contributed by atoms with Gasteiger partial charge in [-0.1, -0.05) is 17.7 Å². The predicted molar refractivity (Wildman–Crippen MR) is 154 cm³/mol. The highest BCUT2D eigenvalue weighted by Gasteiger charge is 2.46. The molecule has 14 heteroatoms. The molecule has 236 valence electrons. The number of amides is 1. The molecule has 1 saturated heterocycles. The van der Waals surface area contributed by atoms with Crippen LogP contribution in [0.4, 0.5) is 23.5 Å². The third-order valence-electron chi connectivity index (χ3n) is 8.99. The van der Waals surface area contributed by atoms with Gasteiger partial charge in [-0.3, -0.25) is 9.36 Å². The van der Waals surface area contributed by atoms with Crippen LogP contribution in [0, 0.1) is 23.6 Å².